The summed E-state index contributed by atoms with van der Waals surface area (Å²) in [5.41, 5.74) is 5.73. The van der Waals surface area contributed by atoms with Crippen LogP contribution in [-0.4, -0.2) is 25.5 Å². The van der Waals surface area contributed by atoms with E-state index in [-0.39, 0.29) is 18.4 Å². The molecule has 0 aromatic rings. The van der Waals surface area contributed by atoms with E-state index in [1.54, 1.807) is 0 Å². The molecule has 11 heavy (non-hydrogen) atoms. The van der Waals surface area contributed by atoms with E-state index in [9.17, 15) is 4.79 Å². The summed E-state index contributed by atoms with van der Waals surface area (Å²) in [6, 6.07) is 0.0812. The van der Waals surface area contributed by atoms with Crippen LogP contribution in [0.3, 0.4) is 0 Å². The maximum absolute atomic E-state index is 11.0. The summed E-state index contributed by atoms with van der Waals surface area (Å²) in [6.07, 6.45) is 2.88. The van der Waals surface area contributed by atoms with Crippen molar-refractivity contribution in [2.45, 2.75) is 25.3 Å². The van der Waals surface area contributed by atoms with E-state index in [1.807, 2.05) is 0 Å². The standard InChI is InChI=1S/C8H15NO2/c1-11-5-7(10)4-8(9)6-2-3-6/h6,8H,2-5,9H2,1H3. The first-order chi connectivity index (χ1) is 5.24. The molecule has 0 saturated heterocycles. The van der Waals surface area contributed by atoms with Crippen LogP contribution in [0, 0.1) is 5.92 Å². The number of ketones is 1. The number of Topliss-reactive ketones (excluding diaryl/α,β-unsaturated/α-hetero) is 1. The SMILES string of the molecule is COCC(=O)CC(N)C1CC1. The highest BCUT2D eigenvalue weighted by atomic mass is 16.5. The number of ether oxygens (including phenoxy) is 1. The summed E-state index contributed by atoms with van der Waals surface area (Å²) in [7, 11) is 1.53. The van der Waals surface area contributed by atoms with Crippen LogP contribution in [0.4, 0.5) is 0 Å². The van der Waals surface area contributed by atoms with Gasteiger partial charge < -0.3 is 10.5 Å². The van der Waals surface area contributed by atoms with Gasteiger partial charge in [-0.15, -0.1) is 0 Å². The Bertz CT molecular complexity index is 143. The highest BCUT2D eigenvalue weighted by molar-refractivity contribution is 5.80. The van der Waals surface area contributed by atoms with Crippen LogP contribution in [0.1, 0.15) is 19.3 Å². The van der Waals surface area contributed by atoms with Crippen LogP contribution in [0.2, 0.25) is 0 Å². The zero-order valence-electron chi connectivity index (χ0n) is 6.88. The topological polar surface area (TPSA) is 52.3 Å². The Labute approximate surface area is 66.9 Å². The van der Waals surface area contributed by atoms with Crippen LogP contribution in [0.15, 0.2) is 0 Å². The van der Waals surface area contributed by atoms with E-state index in [2.05, 4.69) is 0 Å². The maximum Gasteiger partial charge on any atom is 0.160 e. The molecule has 0 amide bonds. The fourth-order valence-corrected chi connectivity index (χ4v) is 1.17. The Morgan fingerprint density at radius 1 is 1.73 bits per heavy atom. The van der Waals surface area contributed by atoms with Crippen molar-refractivity contribution in [3.05, 3.63) is 0 Å². The molecule has 3 heteroatoms. The number of hydrogen-bond donors (Lipinski definition) is 1. The van der Waals surface area contributed by atoms with Gasteiger partial charge in [0.15, 0.2) is 5.78 Å². The average Bonchev–Trinajstić information content (AvgIpc) is 2.67. The first-order valence-corrected chi connectivity index (χ1v) is 4.00. The molecule has 0 spiro atoms. The summed E-state index contributed by atoms with van der Waals surface area (Å²) < 4.78 is 4.70. The van der Waals surface area contributed by atoms with Gasteiger partial charge >= 0.3 is 0 Å². The molecule has 1 rings (SSSR count). The Hall–Kier alpha value is -0.410. The van der Waals surface area contributed by atoms with Crippen molar-refractivity contribution in [2.24, 2.45) is 11.7 Å². The molecule has 0 radical (unpaired) electrons. The van der Waals surface area contributed by atoms with Gasteiger partial charge in [0.1, 0.15) is 6.61 Å². The molecule has 2 N–H and O–H groups in total. The van der Waals surface area contributed by atoms with Crippen molar-refractivity contribution in [2.75, 3.05) is 13.7 Å². The van der Waals surface area contributed by atoms with Gasteiger partial charge in [-0.05, 0) is 18.8 Å². The third-order valence-corrected chi connectivity index (χ3v) is 2.00. The highest BCUT2D eigenvalue weighted by Crippen LogP contribution is 2.32. The molecule has 0 aromatic carbocycles. The van der Waals surface area contributed by atoms with Crippen LogP contribution in [-0.2, 0) is 9.53 Å². The summed E-state index contributed by atoms with van der Waals surface area (Å²) >= 11 is 0. The minimum atomic E-state index is 0.0812. The van der Waals surface area contributed by atoms with E-state index < -0.39 is 0 Å². The van der Waals surface area contributed by atoms with E-state index >= 15 is 0 Å². The fourth-order valence-electron chi connectivity index (χ4n) is 1.17. The summed E-state index contributed by atoms with van der Waals surface area (Å²) in [5.74, 6) is 0.725. The van der Waals surface area contributed by atoms with E-state index in [0.717, 1.165) is 0 Å². The molecule has 64 valence electrons. The van der Waals surface area contributed by atoms with Crippen molar-refractivity contribution in [3.63, 3.8) is 0 Å². The molecular formula is C8H15NO2. The number of carbonyl (C=O) groups excluding carboxylic acids is 1. The molecule has 0 heterocycles. The van der Waals surface area contributed by atoms with Crippen LogP contribution >= 0.6 is 0 Å². The highest BCUT2D eigenvalue weighted by Gasteiger charge is 2.29. The second-order valence-electron chi connectivity index (χ2n) is 3.18. The van der Waals surface area contributed by atoms with Gasteiger partial charge in [-0.3, -0.25) is 4.79 Å². The molecule has 1 unspecified atom stereocenters. The van der Waals surface area contributed by atoms with Crippen molar-refractivity contribution in [3.8, 4) is 0 Å². The third-order valence-electron chi connectivity index (χ3n) is 2.00. The van der Waals surface area contributed by atoms with Crippen molar-refractivity contribution >= 4 is 5.78 Å². The van der Waals surface area contributed by atoms with Gasteiger partial charge in [0, 0.05) is 19.6 Å². The van der Waals surface area contributed by atoms with Gasteiger partial charge in [-0.1, -0.05) is 0 Å². The Kier molecular flexibility index (Phi) is 3.02. The Morgan fingerprint density at radius 2 is 2.36 bits per heavy atom. The predicted octanol–water partition coefficient (Wildman–Crippen LogP) is 0.329. The number of nitrogens with two attached hydrogens (primary N) is 1. The summed E-state index contributed by atoms with van der Waals surface area (Å²) in [5, 5.41) is 0. The lowest BCUT2D eigenvalue weighted by molar-refractivity contribution is -0.123. The van der Waals surface area contributed by atoms with Crippen LogP contribution in [0.25, 0.3) is 0 Å². The monoisotopic (exact) mass is 157 g/mol. The first kappa shape index (κ1) is 8.68. The molecule has 0 aliphatic heterocycles. The Morgan fingerprint density at radius 3 is 2.82 bits per heavy atom. The Balaban J connectivity index is 2.12. The second-order valence-corrected chi connectivity index (χ2v) is 3.18. The minimum absolute atomic E-state index is 0.0812. The fraction of sp³-hybridized carbons (Fsp3) is 0.875. The summed E-state index contributed by atoms with van der Waals surface area (Å²) in [4.78, 5) is 11.0. The minimum Gasteiger partial charge on any atom is -0.377 e. The van der Waals surface area contributed by atoms with Crippen LogP contribution < -0.4 is 5.73 Å². The van der Waals surface area contributed by atoms with Gasteiger partial charge in [-0.25, -0.2) is 0 Å². The van der Waals surface area contributed by atoms with Gasteiger partial charge in [-0.2, -0.15) is 0 Å². The van der Waals surface area contributed by atoms with Gasteiger partial charge in [0.2, 0.25) is 0 Å². The molecule has 3 nitrogen and oxygen atoms in total. The van der Waals surface area contributed by atoms with Gasteiger partial charge in [0.05, 0.1) is 0 Å². The number of hydrogen-bond acceptors (Lipinski definition) is 3. The molecule has 1 fully saturated rings. The lowest BCUT2D eigenvalue weighted by Gasteiger charge is -2.07. The summed E-state index contributed by atoms with van der Waals surface area (Å²) in [6.45, 7) is 0.209. The molecular weight excluding hydrogens is 142 g/mol. The largest absolute Gasteiger partial charge is 0.377 e. The van der Waals surface area contributed by atoms with E-state index in [4.69, 9.17) is 10.5 Å². The first-order valence-electron chi connectivity index (χ1n) is 4.00. The van der Waals surface area contributed by atoms with Crippen molar-refractivity contribution in [1.82, 2.24) is 0 Å². The number of rotatable bonds is 5. The quantitative estimate of drug-likeness (QED) is 0.625. The van der Waals surface area contributed by atoms with Crippen LogP contribution in [0.5, 0.6) is 0 Å². The molecule has 1 aliphatic carbocycles. The van der Waals surface area contributed by atoms with Crippen molar-refractivity contribution < 1.29 is 9.53 Å². The third kappa shape index (κ3) is 2.99. The lowest BCUT2D eigenvalue weighted by atomic mass is 10.1. The molecule has 1 saturated carbocycles. The van der Waals surface area contributed by atoms with Gasteiger partial charge in [0.25, 0.3) is 0 Å². The number of methoxy groups -OCH3 is 1. The van der Waals surface area contributed by atoms with Crippen molar-refractivity contribution in [1.29, 1.82) is 0 Å². The zero-order valence-corrected chi connectivity index (χ0v) is 6.88. The maximum atomic E-state index is 11.0. The van der Waals surface area contributed by atoms with E-state index in [1.165, 1.54) is 20.0 Å². The molecule has 0 bridgehead atoms. The molecule has 1 aliphatic rings. The molecule has 0 aromatic heterocycles. The smallest absolute Gasteiger partial charge is 0.160 e. The molecule has 1 atom stereocenters. The normalized spacial score (nSPS) is 19.8. The lowest BCUT2D eigenvalue weighted by Crippen LogP contribution is -2.27. The van der Waals surface area contributed by atoms with E-state index in [0.29, 0.717) is 12.3 Å². The second kappa shape index (κ2) is 3.83. The zero-order chi connectivity index (χ0) is 8.27. The predicted molar refractivity (Wildman–Crippen MR) is 42.2 cm³/mol. The number of carbonyl (C=O) groups is 1. The average molecular weight is 157 g/mol.